The topological polar surface area (TPSA) is 32.5 Å². The SMILES string of the molecule is CC1CN2CCCC2CN1c1ccc(C(N)=S)c(Br)c1F. The summed E-state index contributed by atoms with van der Waals surface area (Å²) in [4.78, 5) is 4.91. The highest BCUT2D eigenvalue weighted by molar-refractivity contribution is 9.10. The Bertz CT molecular complexity index is 580. The molecule has 0 amide bonds. The van der Waals surface area contributed by atoms with E-state index in [2.05, 4.69) is 32.7 Å². The van der Waals surface area contributed by atoms with Gasteiger partial charge in [-0.15, -0.1) is 0 Å². The fraction of sp³-hybridized carbons (Fsp3) is 0.533. The minimum Gasteiger partial charge on any atom is -0.389 e. The first kappa shape index (κ1) is 15.2. The summed E-state index contributed by atoms with van der Waals surface area (Å²) in [6.45, 7) is 5.22. The fourth-order valence-electron chi connectivity index (χ4n) is 3.47. The highest BCUT2D eigenvalue weighted by Gasteiger charge is 2.35. The van der Waals surface area contributed by atoms with Gasteiger partial charge in [0.15, 0.2) is 5.82 Å². The molecule has 2 heterocycles. The third-order valence-corrected chi connectivity index (χ3v) is 5.57. The Labute approximate surface area is 138 Å². The standard InChI is InChI=1S/C15H19BrFN3S/c1-9-7-19-6-2-3-10(19)8-20(9)12-5-4-11(15(18)21)13(16)14(12)17/h4-5,9-10H,2-3,6-8H2,1H3,(H2,18,21). The molecule has 0 bridgehead atoms. The molecule has 2 N–H and O–H groups in total. The molecule has 2 aliphatic rings. The van der Waals surface area contributed by atoms with Crippen LogP contribution in [0.1, 0.15) is 25.3 Å². The van der Waals surface area contributed by atoms with Crippen molar-refractivity contribution >= 4 is 38.8 Å². The van der Waals surface area contributed by atoms with Crippen LogP contribution in [0.15, 0.2) is 16.6 Å². The Hall–Kier alpha value is -0.720. The maximum atomic E-state index is 14.7. The second-order valence-corrected chi connectivity index (χ2v) is 7.15. The van der Waals surface area contributed by atoms with Gasteiger partial charge in [0, 0.05) is 30.7 Å². The lowest BCUT2D eigenvalue weighted by Crippen LogP contribution is -2.55. The molecule has 0 spiro atoms. The molecular formula is C15H19BrFN3S. The van der Waals surface area contributed by atoms with Crippen molar-refractivity contribution < 1.29 is 4.39 Å². The van der Waals surface area contributed by atoms with Crippen LogP contribution < -0.4 is 10.6 Å². The van der Waals surface area contributed by atoms with Crippen LogP contribution in [-0.4, -0.2) is 41.6 Å². The summed E-state index contributed by atoms with van der Waals surface area (Å²) in [5, 5.41) is 0. The zero-order chi connectivity index (χ0) is 15.1. The molecule has 6 heteroatoms. The molecule has 0 radical (unpaired) electrons. The van der Waals surface area contributed by atoms with Crippen molar-refractivity contribution in [1.82, 2.24) is 4.90 Å². The Kier molecular flexibility index (Phi) is 4.21. The van der Waals surface area contributed by atoms with E-state index >= 15 is 0 Å². The number of nitrogens with two attached hydrogens (primary N) is 1. The monoisotopic (exact) mass is 371 g/mol. The van der Waals surface area contributed by atoms with E-state index in [-0.39, 0.29) is 10.8 Å². The minimum atomic E-state index is -0.265. The Morgan fingerprint density at radius 2 is 2.19 bits per heavy atom. The molecule has 2 fully saturated rings. The molecule has 3 rings (SSSR count). The largest absolute Gasteiger partial charge is 0.389 e. The van der Waals surface area contributed by atoms with Crippen LogP contribution >= 0.6 is 28.1 Å². The number of benzene rings is 1. The zero-order valence-corrected chi connectivity index (χ0v) is 14.4. The number of thiocarbonyl (C=S) groups is 1. The average molecular weight is 372 g/mol. The number of halogens is 2. The predicted octanol–water partition coefficient (Wildman–Crippen LogP) is 2.90. The molecule has 2 atom stereocenters. The van der Waals surface area contributed by atoms with Crippen molar-refractivity contribution in [2.75, 3.05) is 24.5 Å². The van der Waals surface area contributed by atoms with Gasteiger partial charge in [-0.1, -0.05) is 12.2 Å². The summed E-state index contributed by atoms with van der Waals surface area (Å²) in [6, 6.07) is 4.46. The lowest BCUT2D eigenvalue weighted by molar-refractivity contribution is 0.202. The zero-order valence-electron chi connectivity index (χ0n) is 12.0. The van der Waals surface area contributed by atoms with Crippen LogP contribution in [0.3, 0.4) is 0 Å². The molecule has 3 nitrogen and oxygen atoms in total. The number of nitrogens with zero attached hydrogens (tertiary/aromatic N) is 2. The molecule has 0 saturated carbocycles. The number of hydrogen-bond donors (Lipinski definition) is 1. The van der Waals surface area contributed by atoms with Crippen LogP contribution in [-0.2, 0) is 0 Å². The smallest absolute Gasteiger partial charge is 0.161 e. The number of anilines is 1. The van der Waals surface area contributed by atoms with E-state index in [0.29, 0.717) is 27.8 Å². The van der Waals surface area contributed by atoms with Gasteiger partial charge in [-0.05, 0) is 54.4 Å². The van der Waals surface area contributed by atoms with Crippen LogP contribution in [0.25, 0.3) is 0 Å². The van der Waals surface area contributed by atoms with Gasteiger partial charge in [-0.25, -0.2) is 4.39 Å². The van der Waals surface area contributed by atoms with E-state index in [1.165, 1.54) is 19.4 Å². The second kappa shape index (κ2) is 5.82. The number of rotatable bonds is 2. The van der Waals surface area contributed by atoms with Crippen LogP contribution in [0.2, 0.25) is 0 Å². The first-order valence-corrected chi connectivity index (χ1v) is 8.47. The lowest BCUT2D eigenvalue weighted by atomic mass is 10.1. The van der Waals surface area contributed by atoms with Crippen molar-refractivity contribution in [3.8, 4) is 0 Å². The van der Waals surface area contributed by atoms with E-state index in [1.54, 1.807) is 12.1 Å². The Balaban J connectivity index is 1.93. The summed E-state index contributed by atoms with van der Waals surface area (Å²) >= 11 is 8.25. The van der Waals surface area contributed by atoms with Crippen molar-refractivity contribution in [2.24, 2.45) is 5.73 Å². The molecule has 21 heavy (non-hydrogen) atoms. The molecular weight excluding hydrogens is 353 g/mol. The van der Waals surface area contributed by atoms with Crippen molar-refractivity contribution in [1.29, 1.82) is 0 Å². The molecule has 0 aliphatic carbocycles. The predicted molar refractivity (Wildman–Crippen MR) is 91.4 cm³/mol. The van der Waals surface area contributed by atoms with Crippen LogP contribution in [0, 0.1) is 5.82 Å². The minimum absolute atomic E-state index is 0.209. The Morgan fingerprint density at radius 1 is 1.43 bits per heavy atom. The fourth-order valence-corrected chi connectivity index (χ4v) is 4.32. The third kappa shape index (κ3) is 2.69. The molecule has 114 valence electrons. The maximum Gasteiger partial charge on any atom is 0.161 e. The van der Waals surface area contributed by atoms with E-state index < -0.39 is 0 Å². The van der Waals surface area contributed by atoms with Gasteiger partial charge in [0.25, 0.3) is 0 Å². The molecule has 1 aromatic carbocycles. The quantitative estimate of drug-likeness (QED) is 0.810. The van der Waals surface area contributed by atoms with E-state index in [0.717, 1.165) is 13.1 Å². The Morgan fingerprint density at radius 3 is 2.90 bits per heavy atom. The van der Waals surface area contributed by atoms with Crippen molar-refractivity contribution in [2.45, 2.75) is 31.8 Å². The molecule has 2 aliphatic heterocycles. The van der Waals surface area contributed by atoms with Gasteiger partial charge < -0.3 is 10.6 Å². The summed E-state index contributed by atoms with van der Waals surface area (Å²) < 4.78 is 15.1. The van der Waals surface area contributed by atoms with E-state index in [4.69, 9.17) is 18.0 Å². The lowest BCUT2D eigenvalue weighted by Gasteiger charge is -2.43. The highest BCUT2D eigenvalue weighted by Crippen LogP contribution is 2.34. The molecule has 1 aromatic rings. The van der Waals surface area contributed by atoms with Crippen LogP contribution in [0.4, 0.5) is 10.1 Å². The summed E-state index contributed by atoms with van der Waals surface area (Å²) in [5.41, 5.74) is 6.82. The van der Waals surface area contributed by atoms with Gasteiger partial charge in [-0.2, -0.15) is 0 Å². The first-order valence-electron chi connectivity index (χ1n) is 7.27. The first-order chi connectivity index (χ1) is 9.99. The highest BCUT2D eigenvalue weighted by atomic mass is 79.9. The molecule has 0 aromatic heterocycles. The summed E-state index contributed by atoms with van der Waals surface area (Å²) in [6.07, 6.45) is 2.45. The molecule has 2 saturated heterocycles. The van der Waals surface area contributed by atoms with Gasteiger partial charge in [0.05, 0.1) is 10.2 Å². The van der Waals surface area contributed by atoms with E-state index in [1.807, 2.05) is 0 Å². The van der Waals surface area contributed by atoms with Gasteiger partial charge >= 0.3 is 0 Å². The van der Waals surface area contributed by atoms with Crippen LogP contribution in [0.5, 0.6) is 0 Å². The molecule has 2 unspecified atom stereocenters. The third-order valence-electron chi connectivity index (χ3n) is 4.57. The van der Waals surface area contributed by atoms with Crippen molar-refractivity contribution in [3.63, 3.8) is 0 Å². The number of piperazine rings is 1. The summed E-state index contributed by atoms with van der Waals surface area (Å²) in [5.74, 6) is -0.265. The second-order valence-electron chi connectivity index (χ2n) is 5.92. The average Bonchev–Trinajstić information content (AvgIpc) is 2.87. The van der Waals surface area contributed by atoms with Gasteiger partial charge in [-0.3, -0.25) is 4.90 Å². The summed E-state index contributed by atoms with van der Waals surface area (Å²) in [7, 11) is 0. The van der Waals surface area contributed by atoms with Gasteiger partial charge in [0.1, 0.15) is 4.99 Å². The maximum absolute atomic E-state index is 14.7. The van der Waals surface area contributed by atoms with Gasteiger partial charge in [0.2, 0.25) is 0 Å². The van der Waals surface area contributed by atoms with E-state index in [9.17, 15) is 4.39 Å². The number of hydrogen-bond acceptors (Lipinski definition) is 3. The normalized spacial score (nSPS) is 26.0. The van der Waals surface area contributed by atoms with Crippen molar-refractivity contribution in [3.05, 3.63) is 28.0 Å². The number of fused-ring (bicyclic) bond motifs is 1.